The van der Waals surface area contributed by atoms with Gasteiger partial charge < -0.3 is 9.80 Å². The van der Waals surface area contributed by atoms with Gasteiger partial charge in [-0.15, -0.1) is 0 Å². The number of amides is 2. The van der Waals surface area contributed by atoms with Crippen LogP contribution in [0.5, 0.6) is 0 Å². The van der Waals surface area contributed by atoms with Crippen LogP contribution in [0, 0.1) is 23.5 Å². The Hall–Kier alpha value is -1.98. The van der Waals surface area contributed by atoms with Gasteiger partial charge in [0.2, 0.25) is 5.91 Å². The molecule has 0 aromatic heterocycles. The van der Waals surface area contributed by atoms with E-state index in [4.69, 9.17) is 0 Å². The van der Waals surface area contributed by atoms with E-state index in [2.05, 4.69) is 0 Å². The fourth-order valence-corrected chi connectivity index (χ4v) is 4.79. The third-order valence-electron chi connectivity index (χ3n) is 6.18. The van der Waals surface area contributed by atoms with Gasteiger partial charge in [0.15, 0.2) is 11.6 Å². The number of hydrogen-bond donors (Lipinski definition) is 0. The van der Waals surface area contributed by atoms with Crippen molar-refractivity contribution in [2.75, 3.05) is 19.6 Å². The molecule has 6 heteroatoms. The van der Waals surface area contributed by atoms with Gasteiger partial charge in [-0.05, 0) is 49.7 Å². The molecule has 1 aromatic carbocycles. The maximum atomic E-state index is 14.1. The maximum absolute atomic E-state index is 14.1. The molecule has 3 fully saturated rings. The molecular formula is C20H24F2N2O2. The van der Waals surface area contributed by atoms with Crippen LogP contribution in [-0.4, -0.2) is 47.3 Å². The Kier molecular flexibility index (Phi) is 4.67. The van der Waals surface area contributed by atoms with Crippen molar-refractivity contribution in [2.45, 2.75) is 44.6 Å². The summed E-state index contributed by atoms with van der Waals surface area (Å²) in [5, 5.41) is 0. The molecule has 1 saturated carbocycles. The first-order valence-corrected chi connectivity index (χ1v) is 9.58. The smallest absolute Gasteiger partial charge is 0.257 e. The molecule has 1 aliphatic carbocycles. The number of benzene rings is 1. The molecule has 140 valence electrons. The monoisotopic (exact) mass is 362 g/mol. The fourth-order valence-electron chi connectivity index (χ4n) is 4.79. The summed E-state index contributed by atoms with van der Waals surface area (Å²) in [5.74, 6) is -1.84. The minimum Gasteiger partial charge on any atom is -0.340 e. The van der Waals surface area contributed by atoms with Gasteiger partial charge in [-0.1, -0.05) is 18.9 Å². The van der Waals surface area contributed by atoms with E-state index in [-0.39, 0.29) is 11.5 Å². The quantitative estimate of drug-likeness (QED) is 0.828. The summed E-state index contributed by atoms with van der Waals surface area (Å²) < 4.78 is 27.6. The van der Waals surface area contributed by atoms with Crippen molar-refractivity contribution in [3.8, 4) is 0 Å². The normalized spacial score (nSPS) is 26.5. The summed E-state index contributed by atoms with van der Waals surface area (Å²) in [6.07, 6.45) is 6.20. The second-order valence-corrected chi connectivity index (χ2v) is 7.90. The van der Waals surface area contributed by atoms with Crippen molar-refractivity contribution < 1.29 is 18.4 Å². The molecule has 2 amide bonds. The number of carbonyl (C=O) groups is 2. The molecule has 2 bridgehead atoms. The van der Waals surface area contributed by atoms with Crippen molar-refractivity contribution in [2.24, 2.45) is 11.8 Å². The number of halogens is 2. The number of likely N-dealkylation sites (tertiary alicyclic amines) is 2. The van der Waals surface area contributed by atoms with Gasteiger partial charge in [-0.2, -0.15) is 0 Å². The molecular weight excluding hydrogens is 338 g/mol. The van der Waals surface area contributed by atoms with E-state index in [0.717, 1.165) is 38.4 Å². The molecule has 2 saturated heterocycles. The Morgan fingerprint density at radius 2 is 1.92 bits per heavy atom. The van der Waals surface area contributed by atoms with Crippen molar-refractivity contribution in [1.29, 1.82) is 0 Å². The predicted octanol–water partition coefficient (Wildman–Crippen LogP) is 3.22. The third-order valence-corrected chi connectivity index (χ3v) is 6.18. The molecule has 4 rings (SSSR count). The van der Waals surface area contributed by atoms with Gasteiger partial charge in [-0.3, -0.25) is 9.59 Å². The SMILES string of the molecule is O=C1[C@H]2C[C@H](CCN2C(=O)c2cccc(F)c2F)CN1CC1CCCC1. The third kappa shape index (κ3) is 3.10. The Balaban J connectivity index is 1.54. The van der Waals surface area contributed by atoms with Gasteiger partial charge >= 0.3 is 0 Å². The van der Waals surface area contributed by atoms with Crippen molar-refractivity contribution >= 4 is 11.8 Å². The topological polar surface area (TPSA) is 40.6 Å². The number of fused-ring (bicyclic) bond motifs is 2. The predicted molar refractivity (Wildman–Crippen MR) is 92.4 cm³/mol. The van der Waals surface area contributed by atoms with E-state index in [9.17, 15) is 18.4 Å². The Labute approximate surface area is 152 Å². The number of rotatable bonds is 3. The van der Waals surface area contributed by atoms with Crippen LogP contribution in [0.1, 0.15) is 48.9 Å². The molecule has 2 heterocycles. The highest BCUT2D eigenvalue weighted by Crippen LogP contribution is 2.33. The lowest BCUT2D eigenvalue weighted by Crippen LogP contribution is -2.60. The lowest BCUT2D eigenvalue weighted by atomic mass is 9.85. The number of piperidine rings is 2. The number of hydrogen-bond acceptors (Lipinski definition) is 2. The van der Waals surface area contributed by atoms with Crippen LogP contribution in [0.4, 0.5) is 8.78 Å². The van der Waals surface area contributed by atoms with Crippen LogP contribution in [0.25, 0.3) is 0 Å². The highest BCUT2D eigenvalue weighted by molar-refractivity contribution is 5.98. The zero-order chi connectivity index (χ0) is 18.3. The lowest BCUT2D eigenvalue weighted by molar-refractivity contribution is -0.144. The number of carbonyl (C=O) groups excluding carboxylic acids is 2. The van der Waals surface area contributed by atoms with Crippen LogP contribution >= 0.6 is 0 Å². The molecule has 3 aliphatic rings. The first-order valence-electron chi connectivity index (χ1n) is 9.58. The van der Waals surface area contributed by atoms with E-state index in [0.29, 0.717) is 24.8 Å². The van der Waals surface area contributed by atoms with E-state index in [1.807, 2.05) is 4.90 Å². The minimum atomic E-state index is -1.13. The summed E-state index contributed by atoms with van der Waals surface area (Å²) in [7, 11) is 0. The van der Waals surface area contributed by atoms with Gasteiger partial charge in [0, 0.05) is 19.6 Å². The molecule has 0 unspecified atom stereocenters. The van der Waals surface area contributed by atoms with E-state index >= 15 is 0 Å². The van der Waals surface area contributed by atoms with Gasteiger partial charge in [-0.25, -0.2) is 8.78 Å². The number of nitrogens with zero attached hydrogens (tertiary/aromatic N) is 2. The Morgan fingerprint density at radius 1 is 1.15 bits per heavy atom. The summed E-state index contributed by atoms with van der Waals surface area (Å²) >= 11 is 0. The minimum absolute atomic E-state index is 0.0296. The van der Waals surface area contributed by atoms with E-state index in [1.165, 1.54) is 29.9 Å². The molecule has 0 spiro atoms. The van der Waals surface area contributed by atoms with Gasteiger partial charge in [0.1, 0.15) is 6.04 Å². The van der Waals surface area contributed by atoms with E-state index < -0.39 is 23.6 Å². The second-order valence-electron chi connectivity index (χ2n) is 7.90. The second kappa shape index (κ2) is 6.97. The van der Waals surface area contributed by atoms with Crippen LogP contribution in [0.2, 0.25) is 0 Å². The fraction of sp³-hybridized carbons (Fsp3) is 0.600. The largest absolute Gasteiger partial charge is 0.340 e. The molecule has 2 aliphatic heterocycles. The zero-order valence-corrected chi connectivity index (χ0v) is 14.8. The average Bonchev–Trinajstić information content (AvgIpc) is 3.14. The van der Waals surface area contributed by atoms with Crippen LogP contribution in [0.15, 0.2) is 18.2 Å². The highest BCUT2D eigenvalue weighted by Gasteiger charge is 2.44. The summed E-state index contributed by atoms with van der Waals surface area (Å²) in [6, 6.07) is 3.07. The standard InChI is InChI=1S/C20H24F2N2O2/c21-16-7-3-6-15(18(16)22)19(25)24-9-8-14-10-17(24)20(26)23(12-14)11-13-4-1-2-5-13/h3,6-7,13-14,17H,1-2,4-5,8-12H2/t14-,17+/m0/s1. The summed E-state index contributed by atoms with van der Waals surface area (Å²) in [6.45, 7) is 1.96. The molecule has 1 aromatic rings. The molecule has 0 radical (unpaired) electrons. The maximum Gasteiger partial charge on any atom is 0.257 e. The molecule has 26 heavy (non-hydrogen) atoms. The van der Waals surface area contributed by atoms with Crippen molar-refractivity contribution in [3.05, 3.63) is 35.4 Å². The lowest BCUT2D eigenvalue weighted by Gasteiger charge is -2.47. The summed E-state index contributed by atoms with van der Waals surface area (Å²) in [4.78, 5) is 29.2. The van der Waals surface area contributed by atoms with Crippen molar-refractivity contribution in [3.63, 3.8) is 0 Å². The van der Waals surface area contributed by atoms with Gasteiger partial charge in [0.05, 0.1) is 5.56 Å². The first kappa shape index (κ1) is 17.4. The molecule has 0 N–H and O–H groups in total. The van der Waals surface area contributed by atoms with Crippen LogP contribution < -0.4 is 0 Å². The van der Waals surface area contributed by atoms with Gasteiger partial charge in [0.25, 0.3) is 5.91 Å². The van der Waals surface area contributed by atoms with Crippen LogP contribution in [0.3, 0.4) is 0 Å². The van der Waals surface area contributed by atoms with E-state index in [1.54, 1.807) is 0 Å². The van der Waals surface area contributed by atoms with Crippen molar-refractivity contribution in [1.82, 2.24) is 9.80 Å². The molecule has 4 nitrogen and oxygen atoms in total. The molecule has 2 atom stereocenters. The Bertz CT molecular complexity index is 718. The summed E-state index contributed by atoms with van der Waals surface area (Å²) in [5.41, 5.74) is -0.288. The average molecular weight is 362 g/mol. The Morgan fingerprint density at radius 3 is 2.69 bits per heavy atom. The highest BCUT2D eigenvalue weighted by atomic mass is 19.2. The first-order chi connectivity index (χ1) is 12.5. The zero-order valence-electron chi connectivity index (χ0n) is 14.8. The van der Waals surface area contributed by atoms with Crippen LogP contribution in [-0.2, 0) is 4.79 Å².